The maximum absolute atomic E-state index is 2.40. The van der Waals surface area contributed by atoms with Gasteiger partial charge in [-0.15, -0.1) is 0 Å². The highest BCUT2D eigenvalue weighted by Crippen LogP contribution is 2.42. The molecule has 278 valence electrons. The Labute approximate surface area is 346 Å². The third kappa shape index (κ3) is 7.46. The fourth-order valence-corrected chi connectivity index (χ4v) is 8.26. The van der Waals surface area contributed by atoms with Crippen LogP contribution < -0.4 is 4.90 Å². The van der Waals surface area contributed by atoms with Gasteiger partial charge < -0.3 is 4.90 Å². The molecule has 0 aliphatic rings. The molecule has 0 unspecified atom stereocenters. The van der Waals surface area contributed by atoms with E-state index in [1.54, 1.807) is 0 Å². The second kappa shape index (κ2) is 16.0. The predicted octanol–water partition coefficient (Wildman–Crippen LogP) is 16.3. The van der Waals surface area contributed by atoms with Gasteiger partial charge in [-0.25, -0.2) is 0 Å². The number of rotatable bonds is 9. The van der Waals surface area contributed by atoms with Crippen molar-refractivity contribution in [3.8, 4) is 66.8 Å². The Bertz CT molecular complexity index is 2960. The van der Waals surface area contributed by atoms with Crippen LogP contribution in [-0.4, -0.2) is 0 Å². The van der Waals surface area contributed by atoms with E-state index in [1.165, 1.54) is 72.0 Å². The van der Waals surface area contributed by atoms with Gasteiger partial charge in [-0.1, -0.05) is 194 Å². The van der Waals surface area contributed by atoms with E-state index in [4.69, 9.17) is 0 Å². The average Bonchev–Trinajstić information content (AvgIpc) is 3.32. The zero-order valence-electron chi connectivity index (χ0n) is 32.6. The molecule has 0 fully saturated rings. The molecule has 0 N–H and O–H groups in total. The Morgan fingerprint density at radius 3 is 1.22 bits per heavy atom. The Morgan fingerprint density at radius 1 is 0.203 bits per heavy atom. The van der Waals surface area contributed by atoms with Crippen molar-refractivity contribution >= 4 is 27.8 Å². The maximum Gasteiger partial charge on any atom is 0.0473 e. The Morgan fingerprint density at radius 2 is 0.593 bits per heavy atom. The smallest absolute Gasteiger partial charge is 0.0473 e. The molecule has 0 bridgehead atoms. The van der Waals surface area contributed by atoms with Gasteiger partial charge in [0.1, 0.15) is 0 Å². The Hall–Kier alpha value is -7.74. The summed E-state index contributed by atoms with van der Waals surface area (Å²) >= 11 is 0. The molecule has 1 nitrogen and oxygen atoms in total. The lowest BCUT2D eigenvalue weighted by Gasteiger charge is -2.27. The normalized spacial score (nSPS) is 11.1. The van der Waals surface area contributed by atoms with E-state index in [1.807, 2.05) is 0 Å². The van der Waals surface area contributed by atoms with Gasteiger partial charge in [0.25, 0.3) is 0 Å². The molecule has 0 aliphatic heterocycles. The first-order chi connectivity index (χ1) is 29.2. The van der Waals surface area contributed by atoms with E-state index in [0.29, 0.717) is 0 Å². The number of benzene rings is 10. The first kappa shape index (κ1) is 35.7. The Kier molecular flexibility index (Phi) is 9.68. The zero-order chi connectivity index (χ0) is 39.4. The van der Waals surface area contributed by atoms with Crippen molar-refractivity contribution in [2.75, 3.05) is 4.90 Å². The molecule has 0 radical (unpaired) electrons. The molecule has 10 rings (SSSR count). The highest BCUT2D eigenvalue weighted by Gasteiger charge is 2.17. The molecule has 0 aliphatic carbocycles. The number of fused-ring (bicyclic) bond motifs is 1. The molecule has 0 atom stereocenters. The monoisotopic (exact) mass is 751 g/mol. The van der Waals surface area contributed by atoms with Crippen molar-refractivity contribution in [1.82, 2.24) is 0 Å². The van der Waals surface area contributed by atoms with Crippen LogP contribution in [0.3, 0.4) is 0 Å². The van der Waals surface area contributed by atoms with Crippen LogP contribution in [0.1, 0.15) is 0 Å². The zero-order valence-corrected chi connectivity index (χ0v) is 32.6. The molecule has 59 heavy (non-hydrogen) atoms. The summed E-state index contributed by atoms with van der Waals surface area (Å²) in [6, 6.07) is 89.9. The summed E-state index contributed by atoms with van der Waals surface area (Å²) in [6.45, 7) is 0. The van der Waals surface area contributed by atoms with Crippen LogP contribution in [0.4, 0.5) is 17.1 Å². The molecule has 0 saturated heterocycles. The second-order valence-electron chi connectivity index (χ2n) is 15.0. The minimum atomic E-state index is 1.08. The number of anilines is 3. The van der Waals surface area contributed by atoms with Gasteiger partial charge in [0, 0.05) is 17.1 Å². The van der Waals surface area contributed by atoms with Crippen LogP contribution in [0.2, 0.25) is 0 Å². The molecule has 10 aromatic rings. The molecule has 0 saturated carbocycles. The number of hydrogen-bond acceptors (Lipinski definition) is 1. The van der Waals surface area contributed by atoms with E-state index in [9.17, 15) is 0 Å². The van der Waals surface area contributed by atoms with Crippen molar-refractivity contribution in [2.24, 2.45) is 0 Å². The van der Waals surface area contributed by atoms with Crippen LogP contribution in [0.5, 0.6) is 0 Å². The van der Waals surface area contributed by atoms with Crippen LogP contribution >= 0.6 is 0 Å². The minimum Gasteiger partial charge on any atom is -0.310 e. The summed E-state index contributed by atoms with van der Waals surface area (Å²) in [4.78, 5) is 2.40. The lowest BCUT2D eigenvalue weighted by atomic mass is 9.95. The standard InChI is InChI=1S/C58H41N/c1-4-16-42(17-5-1)47-24-12-25-48(36-47)45-32-34-54(35-33-45)59(56-40-52(43-18-6-2-7-19-43)38-53(41-56)44-20-8-3-9-21-44)55-29-14-27-50(39-55)49-26-13-28-51(37-49)58-31-15-23-46-22-10-11-30-57(46)58/h1-41H. The quantitative estimate of drug-likeness (QED) is 0.142. The van der Waals surface area contributed by atoms with Crippen molar-refractivity contribution in [2.45, 2.75) is 0 Å². The lowest BCUT2D eigenvalue weighted by Crippen LogP contribution is -2.10. The van der Waals surface area contributed by atoms with E-state index in [2.05, 4.69) is 254 Å². The highest BCUT2D eigenvalue weighted by atomic mass is 15.1. The van der Waals surface area contributed by atoms with Gasteiger partial charge in [-0.2, -0.15) is 0 Å². The SMILES string of the molecule is c1ccc(-c2cccc(-c3ccc(N(c4cccc(-c5cccc(-c6cccc7ccccc67)c5)c4)c4cc(-c5ccccc5)cc(-c5ccccc5)c4)cc3)c2)cc1. The van der Waals surface area contributed by atoms with Crippen LogP contribution in [0.25, 0.3) is 77.5 Å². The molecule has 10 aromatic carbocycles. The second-order valence-corrected chi connectivity index (χ2v) is 15.0. The molecule has 0 amide bonds. The average molecular weight is 752 g/mol. The molecule has 0 spiro atoms. The first-order valence-corrected chi connectivity index (χ1v) is 20.2. The number of hydrogen-bond donors (Lipinski definition) is 0. The van der Waals surface area contributed by atoms with Crippen molar-refractivity contribution in [3.63, 3.8) is 0 Å². The largest absolute Gasteiger partial charge is 0.310 e. The fraction of sp³-hybridized carbons (Fsp3) is 0. The summed E-state index contributed by atoms with van der Waals surface area (Å²) in [6.07, 6.45) is 0. The van der Waals surface area contributed by atoms with E-state index in [-0.39, 0.29) is 0 Å². The predicted molar refractivity (Wildman–Crippen MR) is 251 cm³/mol. The van der Waals surface area contributed by atoms with E-state index >= 15 is 0 Å². The third-order valence-electron chi connectivity index (χ3n) is 11.2. The van der Waals surface area contributed by atoms with E-state index < -0.39 is 0 Å². The van der Waals surface area contributed by atoms with Crippen LogP contribution in [-0.2, 0) is 0 Å². The van der Waals surface area contributed by atoms with Crippen LogP contribution in [0, 0.1) is 0 Å². The van der Waals surface area contributed by atoms with Gasteiger partial charge in [-0.05, 0) is 132 Å². The lowest BCUT2D eigenvalue weighted by molar-refractivity contribution is 1.28. The summed E-state index contributed by atoms with van der Waals surface area (Å²) in [7, 11) is 0. The maximum atomic E-state index is 2.40. The molecular weight excluding hydrogens is 711 g/mol. The number of nitrogens with zero attached hydrogens (tertiary/aromatic N) is 1. The molecular formula is C58H41N. The molecule has 0 heterocycles. The van der Waals surface area contributed by atoms with Gasteiger partial charge in [0.05, 0.1) is 0 Å². The van der Waals surface area contributed by atoms with Gasteiger partial charge >= 0.3 is 0 Å². The molecule has 1 heteroatoms. The van der Waals surface area contributed by atoms with Gasteiger partial charge in [0.2, 0.25) is 0 Å². The summed E-state index contributed by atoms with van der Waals surface area (Å²) < 4.78 is 0. The first-order valence-electron chi connectivity index (χ1n) is 20.2. The highest BCUT2D eigenvalue weighted by molar-refractivity contribution is 5.97. The van der Waals surface area contributed by atoms with Crippen molar-refractivity contribution < 1.29 is 0 Å². The molecule has 0 aromatic heterocycles. The summed E-state index contributed by atoms with van der Waals surface area (Å²) in [5.74, 6) is 0. The van der Waals surface area contributed by atoms with Crippen LogP contribution in [0.15, 0.2) is 249 Å². The topological polar surface area (TPSA) is 3.24 Å². The summed E-state index contributed by atoms with van der Waals surface area (Å²) in [5, 5.41) is 2.50. The van der Waals surface area contributed by atoms with Gasteiger partial charge in [0.15, 0.2) is 0 Å². The Balaban J connectivity index is 1.11. The van der Waals surface area contributed by atoms with Gasteiger partial charge in [-0.3, -0.25) is 0 Å². The minimum absolute atomic E-state index is 1.08. The van der Waals surface area contributed by atoms with E-state index in [0.717, 1.165) is 22.6 Å². The van der Waals surface area contributed by atoms with Crippen molar-refractivity contribution in [1.29, 1.82) is 0 Å². The van der Waals surface area contributed by atoms with Crippen molar-refractivity contribution in [3.05, 3.63) is 249 Å². The fourth-order valence-electron chi connectivity index (χ4n) is 8.26. The summed E-state index contributed by atoms with van der Waals surface area (Å²) in [5.41, 5.74) is 17.5. The third-order valence-corrected chi connectivity index (χ3v) is 11.2.